The van der Waals surface area contributed by atoms with Crippen LogP contribution >= 0.6 is 22.7 Å². The lowest BCUT2D eigenvalue weighted by Crippen LogP contribution is -2.25. The molecule has 0 bridgehead atoms. The van der Waals surface area contributed by atoms with Crippen molar-refractivity contribution in [3.8, 4) is 10.8 Å². The molecule has 4 aromatic heterocycles. The zero-order chi connectivity index (χ0) is 23.2. The Morgan fingerprint density at radius 3 is 2.88 bits per heavy atom. The van der Waals surface area contributed by atoms with E-state index in [0.29, 0.717) is 38.7 Å². The van der Waals surface area contributed by atoms with E-state index < -0.39 is 0 Å². The molecule has 5 heterocycles. The van der Waals surface area contributed by atoms with Crippen molar-refractivity contribution in [1.82, 2.24) is 19.9 Å². The van der Waals surface area contributed by atoms with Crippen LogP contribution in [0, 0.1) is 6.92 Å². The quantitative estimate of drug-likeness (QED) is 0.370. The normalized spacial score (nSPS) is 13.8. The Morgan fingerprint density at radius 2 is 2.00 bits per heavy atom. The summed E-state index contributed by atoms with van der Waals surface area (Å²) in [6, 6.07) is 11.7. The molecule has 0 saturated carbocycles. The van der Waals surface area contributed by atoms with Crippen molar-refractivity contribution >= 4 is 49.0 Å². The van der Waals surface area contributed by atoms with Gasteiger partial charge in [-0.3, -0.25) is 14.2 Å². The number of aromatic nitrogens is 3. The van der Waals surface area contributed by atoms with Crippen molar-refractivity contribution in [2.24, 2.45) is 0 Å². The van der Waals surface area contributed by atoms with E-state index in [1.807, 2.05) is 43.3 Å². The molecule has 0 saturated heterocycles. The SMILES string of the molecule is Cc1c(C(=O)NCc2ccc(-c3nc4ccccc4s3)o2)sc2nc3n(c(=O)c12)CCCCC3. The topological polar surface area (TPSA) is 90.0 Å². The van der Waals surface area contributed by atoms with Crippen molar-refractivity contribution < 1.29 is 9.21 Å². The fourth-order valence-corrected chi connectivity index (χ4v) is 6.47. The van der Waals surface area contributed by atoms with Gasteiger partial charge in [-0.2, -0.15) is 0 Å². The Kier molecular flexibility index (Phi) is 5.30. The van der Waals surface area contributed by atoms with Crippen molar-refractivity contribution in [2.75, 3.05) is 0 Å². The van der Waals surface area contributed by atoms with Gasteiger partial charge in [0.05, 0.1) is 27.0 Å². The second kappa shape index (κ2) is 8.48. The summed E-state index contributed by atoms with van der Waals surface area (Å²) in [4.78, 5) is 36.7. The van der Waals surface area contributed by atoms with E-state index in [2.05, 4.69) is 10.3 Å². The van der Waals surface area contributed by atoms with Crippen LogP contribution in [0.25, 0.3) is 31.2 Å². The third-order valence-corrected chi connectivity index (χ3v) is 8.44. The number of benzene rings is 1. The van der Waals surface area contributed by atoms with Crippen LogP contribution in [0.1, 0.15) is 46.1 Å². The van der Waals surface area contributed by atoms with E-state index in [1.54, 1.807) is 15.9 Å². The summed E-state index contributed by atoms with van der Waals surface area (Å²) in [5.41, 5.74) is 1.61. The molecular weight excluding hydrogens is 468 g/mol. The fourth-order valence-electron chi connectivity index (χ4n) is 4.44. The average Bonchev–Trinajstić information content (AvgIpc) is 3.51. The molecule has 172 valence electrons. The first kappa shape index (κ1) is 21.2. The van der Waals surface area contributed by atoms with Crippen LogP contribution in [0.2, 0.25) is 0 Å². The maximum absolute atomic E-state index is 13.1. The van der Waals surface area contributed by atoms with Crippen LogP contribution < -0.4 is 10.9 Å². The molecule has 1 aliphatic rings. The van der Waals surface area contributed by atoms with Crippen LogP contribution in [0.3, 0.4) is 0 Å². The van der Waals surface area contributed by atoms with E-state index in [4.69, 9.17) is 9.40 Å². The third kappa shape index (κ3) is 3.65. The second-order valence-corrected chi connectivity index (χ2v) is 10.5. The first-order chi connectivity index (χ1) is 16.6. The van der Waals surface area contributed by atoms with Crippen LogP contribution in [-0.2, 0) is 19.5 Å². The zero-order valence-electron chi connectivity index (χ0n) is 18.6. The third-order valence-electron chi connectivity index (χ3n) is 6.21. The Labute approximate surface area is 203 Å². The number of amides is 1. The van der Waals surface area contributed by atoms with E-state index in [9.17, 15) is 9.59 Å². The minimum atomic E-state index is -0.224. The molecule has 1 aliphatic heterocycles. The summed E-state index contributed by atoms with van der Waals surface area (Å²) in [6.45, 7) is 2.78. The lowest BCUT2D eigenvalue weighted by atomic mass is 10.2. The highest BCUT2D eigenvalue weighted by Gasteiger charge is 2.22. The van der Waals surface area contributed by atoms with Crippen LogP contribution in [0.4, 0.5) is 0 Å². The first-order valence-corrected chi connectivity index (χ1v) is 13.0. The van der Waals surface area contributed by atoms with E-state index in [1.165, 1.54) is 11.3 Å². The van der Waals surface area contributed by atoms with Gasteiger partial charge in [0.1, 0.15) is 16.4 Å². The molecule has 0 spiro atoms. The molecule has 7 nitrogen and oxygen atoms in total. The summed E-state index contributed by atoms with van der Waals surface area (Å²) in [7, 11) is 0. The number of carbonyl (C=O) groups excluding carboxylic acids is 1. The van der Waals surface area contributed by atoms with Gasteiger partial charge in [-0.05, 0) is 49.6 Å². The Morgan fingerprint density at radius 1 is 1.12 bits per heavy atom. The summed E-state index contributed by atoms with van der Waals surface area (Å²) in [6.07, 6.45) is 3.94. The molecule has 9 heteroatoms. The monoisotopic (exact) mass is 490 g/mol. The maximum Gasteiger partial charge on any atom is 0.262 e. The van der Waals surface area contributed by atoms with Gasteiger partial charge in [0.25, 0.3) is 11.5 Å². The number of hydrogen-bond acceptors (Lipinski definition) is 7. The van der Waals surface area contributed by atoms with Gasteiger partial charge in [-0.25, -0.2) is 9.97 Å². The number of para-hydroxylation sites is 1. The van der Waals surface area contributed by atoms with E-state index >= 15 is 0 Å². The molecule has 0 fully saturated rings. The first-order valence-electron chi connectivity index (χ1n) is 11.3. The number of rotatable bonds is 4. The number of carbonyl (C=O) groups is 1. The van der Waals surface area contributed by atoms with Crippen molar-refractivity contribution in [2.45, 2.75) is 45.7 Å². The molecule has 1 amide bonds. The number of hydrogen-bond donors (Lipinski definition) is 1. The van der Waals surface area contributed by atoms with Crippen LogP contribution in [0.15, 0.2) is 45.6 Å². The summed E-state index contributed by atoms with van der Waals surface area (Å²) >= 11 is 2.86. The minimum absolute atomic E-state index is 0.0267. The highest BCUT2D eigenvalue weighted by molar-refractivity contribution is 7.21. The number of nitrogens with zero attached hydrogens (tertiary/aromatic N) is 3. The van der Waals surface area contributed by atoms with Gasteiger partial charge >= 0.3 is 0 Å². The minimum Gasteiger partial charge on any atom is -0.457 e. The Hall–Kier alpha value is -3.30. The van der Waals surface area contributed by atoms with Crippen molar-refractivity contribution in [3.63, 3.8) is 0 Å². The molecule has 1 aromatic carbocycles. The van der Waals surface area contributed by atoms with Gasteiger partial charge in [-0.1, -0.05) is 18.6 Å². The predicted molar refractivity (Wildman–Crippen MR) is 135 cm³/mol. The molecule has 1 N–H and O–H groups in total. The van der Waals surface area contributed by atoms with Gasteiger partial charge in [0.15, 0.2) is 10.8 Å². The molecular formula is C25H22N4O3S2. The molecule has 0 unspecified atom stereocenters. The molecule has 34 heavy (non-hydrogen) atoms. The van der Waals surface area contributed by atoms with Gasteiger partial charge in [0, 0.05) is 13.0 Å². The van der Waals surface area contributed by atoms with Crippen molar-refractivity contribution in [1.29, 1.82) is 0 Å². The number of furan rings is 1. The number of nitrogens with one attached hydrogen (secondary N) is 1. The molecule has 0 aliphatic carbocycles. The standard InChI is InChI=1S/C25H22N4O3S2/c1-14-20-24(28-19-9-3-2-6-12-29(19)25(20)31)34-21(14)22(30)26-13-15-10-11-17(32-15)23-27-16-7-4-5-8-18(16)33-23/h4-5,7-8,10-11H,2-3,6,9,12-13H2,1H3,(H,26,30). The van der Waals surface area contributed by atoms with Crippen LogP contribution in [0.5, 0.6) is 0 Å². The summed E-state index contributed by atoms with van der Waals surface area (Å²) in [5.74, 6) is 1.94. The lowest BCUT2D eigenvalue weighted by Gasteiger charge is -2.08. The molecule has 5 aromatic rings. The highest BCUT2D eigenvalue weighted by atomic mass is 32.1. The average molecular weight is 491 g/mol. The molecule has 0 atom stereocenters. The Balaban J connectivity index is 1.23. The van der Waals surface area contributed by atoms with E-state index in [-0.39, 0.29) is 18.0 Å². The van der Waals surface area contributed by atoms with E-state index in [0.717, 1.165) is 46.7 Å². The number of thiazole rings is 1. The Bertz CT molecular complexity index is 1570. The predicted octanol–water partition coefficient (Wildman–Crippen LogP) is 5.29. The fraction of sp³-hybridized carbons (Fsp3) is 0.280. The lowest BCUT2D eigenvalue weighted by molar-refractivity contribution is 0.0951. The smallest absolute Gasteiger partial charge is 0.262 e. The maximum atomic E-state index is 13.1. The molecule has 6 rings (SSSR count). The number of fused-ring (bicyclic) bond motifs is 3. The highest BCUT2D eigenvalue weighted by Crippen LogP contribution is 2.31. The van der Waals surface area contributed by atoms with Crippen molar-refractivity contribution in [3.05, 3.63) is 68.8 Å². The number of aryl methyl sites for hydroxylation is 2. The number of thiophene rings is 1. The van der Waals surface area contributed by atoms with Gasteiger partial charge in [-0.15, -0.1) is 22.7 Å². The zero-order valence-corrected chi connectivity index (χ0v) is 20.2. The van der Waals surface area contributed by atoms with Gasteiger partial charge in [0.2, 0.25) is 0 Å². The van der Waals surface area contributed by atoms with Gasteiger partial charge < -0.3 is 9.73 Å². The second-order valence-electron chi connectivity index (χ2n) is 8.47. The molecule has 0 radical (unpaired) electrons. The van der Waals surface area contributed by atoms with Crippen LogP contribution in [-0.4, -0.2) is 20.4 Å². The summed E-state index contributed by atoms with van der Waals surface area (Å²) < 4.78 is 8.84. The summed E-state index contributed by atoms with van der Waals surface area (Å²) in [5, 5.41) is 4.31. The largest absolute Gasteiger partial charge is 0.457 e.